The van der Waals surface area contributed by atoms with Crippen LogP contribution in [0, 0.1) is 0 Å². The summed E-state index contributed by atoms with van der Waals surface area (Å²) in [6, 6.07) is 6.20. The maximum Gasteiger partial charge on any atom is 0.316 e. The highest BCUT2D eigenvalue weighted by Crippen LogP contribution is 2.26. The number of rotatable bonds is 8. The van der Waals surface area contributed by atoms with Crippen LogP contribution < -0.4 is 9.62 Å². The van der Waals surface area contributed by atoms with Crippen molar-refractivity contribution < 1.29 is 22.7 Å². The molecule has 0 spiro atoms. The third kappa shape index (κ3) is 5.91. The first-order chi connectivity index (χ1) is 12.7. The van der Waals surface area contributed by atoms with E-state index in [1.807, 2.05) is 0 Å². The number of ether oxygens (including phenoxy) is 1. The predicted molar refractivity (Wildman–Crippen MR) is 105 cm³/mol. The zero-order valence-electron chi connectivity index (χ0n) is 14.8. The minimum atomic E-state index is -3.38. The third-order valence-electron chi connectivity index (χ3n) is 3.27. The number of carbonyl (C=O) groups is 2. The number of benzene rings is 1. The van der Waals surface area contributed by atoms with Gasteiger partial charge in [-0.05, 0) is 31.2 Å². The number of anilines is 2. The summed E-state index contributed by atoms with van der Waals surface area (Å²) in [5.74, 6) is -0.671. The average molecular weight is 431 g/mol. The lowest BCUT2D eigenvalue weighted by Gasteiger charge is -2.20. The van der Waals surface area contributed by atoms with Crippen LogP contribution >= 0.6 is 23.1 Å². The lowest BCUT2D eigenvalue weighted by Crippen LogP contribution is -2.29. The maximum atomic E-state index is 12.3. The molecular weight excluding hydrogens is 412 g/mol. The van der Waals surface area contributed by atoms with Crippen LogP contribution in [-0.2, 0) is 19.6 Å². The van der Waals surface area contributed by atoms with Gasteiger partial charge in [0.1, 0.15) is 0 Å². The molecule has 0 aliphatic heterocycles. The number of sulfonamides is 1. The number of nitrogens with zero attached hydrogens (tertiary/aromatic N) is 3. The molecule has 0 saturated heterocycles. The molecule has 146 valence electrons. The van der Waals surface area contributed by atoms with E-state index < -0.39 is 15.9 Å². The highest BCUT2D eigenvalue weighted by atomic mass is 32.2. The van der Waals surface area contributed by atoms with Crippen molar-refractivity contribution in [2.75, 3.05) is 35.3 Å². The number of nitrogens with one attached hydrogen (secondary N) is 1. The van der Waals surface area contributed by atoms with Crippen LogP contribution in [0.4, 0.5) is 10.8 Å². The van der Waals surface area contributed by atoms with Crippen LogP contribution in [0.2, 0.25) is 0 Å². The van der Waals surface area contributed by atoms with Crippen molar-refractivity contribution in [1.29, 1.82) is 0 Å². The molecular formula is C15H18N4O5S3. The van der Waals surface area contributed by atoms with E-state index in [0.29, 0.717) is 27.3 Å². The highest BCUT2D eigenvalue weighted by molar-refractivity contribution is 8.01. The fourth-order valence-electron chi connectivity index (χ4n) is 2.06. The first kappa shape index (κ1) is 21.1. The molecule has 0 fully saturated rings. The molecule has 0 atom stereocenters. The Morgan fingerprint density at radius 1 is 1.26 bits per heavy atom. The van der Waals surface area contributed by atoms with Crippen molar-refractivity contribution in [3.05, 3.63) is 29.8 Å². The Kier molecular flexibility index (Phi) is 7.16. The van der Waals surface area contributed by atoms with Crippen LogP contribution in [0.3, 0.4) is 0 Å². The van der Waals surface area contributed by atoms with Crippen molar-refractivity contribution in [3.8, 4) is 0 Å². The molecule has 2 aromatic rings. The SMILES string of the molecule is CCN(c1ccc(C(=O)Nc2nnc(SCC(=O)OC)s2)cc1)S(C)(=O)=O. The second kappa shape index (κ2) is 9.15. The van der Waals surface area contributed by atoms with Gasteiger partial charge >= 0.3 is 5.97 Å². The summed E-state index contributed by atoms with van der Waals surface area (Å²) in [4.78, 5) is 23.4. The van der Waals surface area contributed by atoms with Crippen LogP contribution in [0.25, 0.3) is 0 Å². The van der Waals surface area contributed by atoms with Gasteiger partial charge in [0.15, 0.2) is 4.34 Å². The number of hydrogen-bond donors (Lipinski definition) is 1. The molecule has 1 N–H and O–H groups in total. The van der Waals surface area contributed by atoms with E-state index in [1.54, 1.807) is 19.1 Å². The minimum absolute atomic E-state index is 0.106. The molecule has 1 amide bonds. The molecule has 1 heterocycles. The third-order valence-corrected chi connectivity index (χ3v) is 6.49. The van der Waals surface area contributed by atoms with Crippen LogP contribution in [0.15, 0.2) is 28.6 Å². The lowest BCUT2D eigenvalue weighted by molar-refractivity contribution is -0.137. The molecule has 0 aliphatic rings. The van der Waals surface area contributed by atoms with E-state index in [2.05, 4.69) is 20.3 Å². The molecule has 1 aromatic carbocycles. The Morgan fingerprint density at radius 2 is 1.93 bits per heavy atom. The summed E-state index contributed by atoms with van der Waals surface area (Å²) in [7, 11) is -2.08. The van der Waals surface area contributed by atoms with Crippen molar-refractivity contribution in [2.45, 2.75) is 11.3 Å². The highest BCUT2D eigenvalue weighted by Gasteiger charge is 2.16. The van der Waals surface area contributed by atoms with Gasteiger partial charge in [-0.3, -0.25) is 19.2 Å². The Hall–Kier alpha value is -2.18. The van der Waals surface area contributed by atoms with E-state index in [9.17, 15) is 18.0 Å². The summed E-state index contributed by atoms with van der Waals surface area (Å²) in [6.45, 7) is 2.02. The largest absolute Gasteiger partial charge is 0.468 e. The zero-order chi connectivity index (χ0) is 20.0. The Morgan fingerprint density at radius 3 is 2.48 bits per heavy atom. The number of esters is 1. The number of carbonyl (C=O) groups excluding carboxylic acids is 2. The van der Waals surface area contributed by atoms with Crippen molar-refractivity contribution in [2.24, 2.45) is 0 Å². The first-order valence-electron chi connectivity index (χ1n) is 7.66. The Bertz CT molecular complexity index is 912. The first-order valence-corrected chi connectivity index (χ1v) is 11.3. The smallest absolute Gasteiger partial charge is 0.316 e. The van der Waals surface area contributed by atoms with Crippen LogP contribution in [-0.4, -0.2) is 56.2 Å². The normalized spacial score (nSPS) is 11.1. The number of hydrogen-bond acceptors (Lipinski definition) is 9. The molecule has 0 aliphatic carbocycles. The molecule has 2 rings (SSSR count). The molecule has 0 saturated carbocycles. The van der Waals surface area contributed by atoms with Gasteiger partial charge in [0, 0.05) is 12.1 Å². The molecule has 0 bridgehead atoms. The average Bonchev–Trinajstić information content (AvgIpc) is 3.07. The van der Waals surface area contributed by atoms with Gasteiger partial charge in [-0.25, -0.2) is 8.42 Å². The predicted octanol–water partition coefficient (Wildman–Crippen LogP) is 1.84. The number of thioether (sulfide) groups is 1. The van der Waals surface area contributed by atoms with E-state index in [-0.39, 0.29) is 11.7 Å². The summed E-state index contributed by atoms with van der Waals surface area (Å²) < 4.78 is 29.8. The van der Waals surface area contributed by atoms with E-state index >= 15 is 0 Å². The zero-order valence-corrected chi connectivity index (χ0v) is 17.3. The molecule has 0 radical (unpaired) electrons. The Balaban J connectivity index is 2.02. The van der Waals surface area contributed by atoms with Gasteiger partial charge in [0.05, 0.1) is 24.8 Å². The van der Waals surface area contributed by atoms with Crippen LogP contribution in [0.1, 0.15) is 17.3 Å². The number of methoxy groups -OCH3 is 1. The molecule has 27 heavy (non-hydrogen) atoms. The molecule has 1 aromatic heterocycles. The summed E-state index contributed by atoms with van der Waals surface area (Å²) in [5.41, 5.74) is 0.830. The van der Waals surface area contributed by atoms with Gasteiger partial charge in [-0.2, -0.15) is 0 Å². The number of amides is 1. The van der Waals surface area contributed by atoms with E-state index in [1.165, 1.54) is 23.5 Å². The summed E-state index contributed by atoms with van der Waals surface area (Å²) in [6.07, 6.45) is 1.13. The second-order valence-electron chi connectivity index (χ2n) is 5.17. The van der Waals surface area contributed by atoms with Crippen molar-refractivity contribution in [3.63, 3.8) is 0 Å². The van der Waals surface area contributed by atoms with Crippen molar-refractivity contribution in [1.82, 2.24) is 10.2 Å². The molecule has 0 unspecified atom stereocenters. The van der Waals surface area contributed by atoms with Gasteiger partial charge in [0.25, 0.3) is 5.91 Å². The summed E-state index contributed by atoms with van der Waals surface area (Å²) in [5, 5.41) is 10.6. The van der Waals surface area contributed by atoms with Gasteiger partial charge in [-0.15, -0.1) is 10.2 Å². The fraction of sp³-hybridized carbons (Fsp3) is 0.333. The Labute approximate surface area is 165 Å². The standard InChI is InChI=1S/C15H18N4O5S3/c1-4-19(27(3,22)23)11-7-5-10(6-8-11)13(21)16-14-17-18-15(26-14)25-9-12(20)24-2/h5-8H,4,9H2,1-3H3,(H,16,17,21). The fourth-order valence-corrected chi connectivity index (χ4v) is 4.61. The quantitative estimate of drug-likeness (QED) is 0.383. The maximum absolute atomic E-state index is 12.3. The number of aromatic nitrogens is 2. The van der Waals surface area contributed by atoms with Gasteiger partial charge in [-0.1, -0.05) is 23.1 Å². The van der Waals surface area contributed by atoms with Crippen molar-refractivity contribution >= 4 is 55.8 Å². The summed E-state index contributed by atoms with van der Waals surface area (Å²) >= 11 is 2.30. The second-order valence-corrected chi connectivity index (χ2v) is 9.27. The molecule has 9 nitrogen and oxygen atoms in total. The van der Waals surface area contributed by atoms with E-state index in [0.717, 1.165) is 29.4 Å². The lowest BCUT2D eigenvalue weighted by atomic mass is 10.2. The minimum Gasteiger partial charge on any atom is -0.468 e. The topological polar surface area (TPSA) is 119 Å². The van der Waals surface area contributed by atoms with Gasteiger partial charge < -0.3 is 4.74 Å². The molecule has 12 heteroatoms. The van der Waals surface area contributed by atoms with Gasteiger partial charge in [0.2, 0.25) is 15.2 Å². The monoisotopic (exact) mass is 430 g/mol. The van der Waals surface area contributed by atoms with Crippen LogP contribution in [0.5, 0.6) is 0 Å². The van der Waals surface area contributed by atoms with E-state index in [4.69, 9.17) is 0 Å².